The molecule has 4 nitrogen and oxygen atoms in total. The van der Waals surface area contributed by atoms with E-state index in [9.17, 15) is 4.79 Å². The number of carbonyl (C=O) groups excluding carboxylic acids is 1. The summed E-state index contributed by atoms with van der Waals surface area (Å²) < 4.78 is 5.68. The van der Waals surface area contributed by atoms with E-state index in [2.05, 4.69) is 10.2 Å². The molecule has 3 aromatic rings. The number of nitrogens with one attached hydrogen (secondary N) is 1. The molecule has 1 aliphatic rings. The van der Waals surface area contributed by atoms with Gasteiger partial charge < -0.3 is 14.6 Å². The maximum Gasteiger partial charge on any atom is 0.291 e. The van der Waals surface area contributed by atoms with Gasteiger partial charge in [0.2, 0.25) is 0 Å². The molecule has 2 aromatic carbocycles. The Morgan fingerprint density at radius 3 is 2.44 bits per heavy atom. The fourth-order valence-corrected chi connectivity index (χ4v) is 3.62. The van der Waals surface area contributed by atoms with Gasteiger partial charge in [-0.25, -0.2) is 0 Å². The Morgan fingerprint density at radius 2 is 1.70 bits per heavy atom. The molecule has 27 heavy (non-hydrogen) atoms. The molecule has 0 spiro atoms. The number of halogens is 2. The Bertz CT molecular complexity index is 961. The van der Waals surface area contributed by atoms with Crippen LogP contribution in [-0.4, -0.2) is 19.0 Å². The molecule has 0 saturated carbocycles. The summed E-state index contributed by atoms with van der Waals surface area (Å²) in [5.74, 6) is 0.398. The van der Waals surface area contributed by atoms with E-state index in [1.165, 1.54) is 18.5 Å². The van der Waals surface area contributed by atoms with Crippen molar-refractivity contribution < 1.29 is 9.21 Å². The Labute approximate surface area is 167 Å². The maximum atomic E-state index is 12.5. The zero-order valence-corrected chi connectivity index (χ0v) is 16.1. The largest absolute Gasteiger partial charge is 0.451 e. The maximum absolute atomic E-state index is 12.5. The molecular formula is C21H18Cl2N2O2. The van der Waals surface area contributed by atoms with Gasteiger partial charge in [0.25, 0.3) is 5.91 Å². The first-order valence-electron chi connectivity index (χ1n) is 8.82. The van der Waals surface area contributed by atoms with Crippen LogP contribution < -0.4 is 10.2 Å². The van der Waals surface area contributed by atoms with Crippen molar-refractivity contribution in [2.45, 2.75) is 12.8 Å². The van der Waals surface area contributed by atoms with E-state index in [4.69, 9.17) is 27.6 Å². The molecule has 1 fully saturated rings. The molecule has 138 valence electrons. The van der Waals surface area contributed by atoms with E-state index < -0.39 is 0 Å². The minimum atomic E-state index is -0.312. The lowest BCUT2D eigenvalue weighted by atomic mass is 10.2. The molecule has 2 heterocycles. The highest BCUT2D eigenvalue weighted by Crippen LogP contribution is 2.34. The van der Waals surface area contributed by atoms with Crippen LogP contribution in [0.1, 0.15) is 23.4 Å². The highest BCUT2D eigenvalue weighted by atomic mass is 35.5. The SMILES string of the molecule is O=C(Nc1ccc(N2CCCC2)cc1)c1ccc(-c2cccc(Cl)c2Cl)o1. The first kappa shape index (κ1) is 18.0. The lowest BCUT2D eigenvalue weighted by Gasteiger charge is -2.17. The molecule has 1 saturated heterocycles. The van der Waals surface area contributed by atoms with Gasteiger partial charge in [-0.3, -0.25) is 4.79 Å². The van der Waals surface area contributed by atoms with Crippen LogP contribution in [0, 0.1) is 0 Å². The zero-order chi connectivity index (χ0) is 18.8. The third-order valence-corrected chi connectivity index (χ3v) is 5.46. The number of amides is 1. The van der Waals surface area contributed by atoms with Gasteiger partial charge in [-0.1, -0.05) is 29.3 Å². The normalized spacial score (nSPS) is 13.8. The summed E-state index contributed by atoms with van der Waals surface area (Å²) in [6, 6.07) is 16.5. The van der Waals surface area contributed by atoms with Gasteiger partial charge in [-0.2, -0.15) is 0 Å². The minimum Gasteiger partial charge on any atom is -0.451 e. The second kappa shape index (κ2) is 7.67. The summed E-state index contributed by atoms with van der Waals surface area (Å²) in [5.41, 5.74) is 2.56. The Hall–Kier alpha value is -2.43. The molecule has 1 aliphatic heterocycles. The number of rotatable bonds is 4. The van der Waals surface area contributed by atoms with Gasteiger partial charge in [-0.05, 0) is 61.4 Å². The van der Waals surface area contributed by atoms with Crippen molar-refractivity contribution in [2.24, 2.45) is 0 Å². The van der Waals surface area contributed by atoms with Crippen LogP contribution in [0.3, 0.4) is 0 Å². The second-order valence-electron chi connectivity index (χ2n) is 6.46. The third-order valence-electron chi connectivity index (χ3n) is 4.64. The molecule has 0 atom stereocenters. The number of anilines is 2. The van der Waals surface area contributed by atoms with Crippen LogP contribution in [-0.2, 0) is 0 Å². The first-order valence-corrected chi connectivity index (χ1v) is 9.58. The van der Waals surface area contributed by atoms with Crippen molar-refractivity contribution in [1.82, 2.24) is 0 Å². The second-order valence-corrected chi connectivity index (χ2v) is 7.25. The van der Waals surface area contributed by atoms with E-state index in [0.29, 0.717) is 21.4 Å². The molecule has 6 heteroatoms. The summed E-state index contributed by atoms with van der Waals surface area (Å²) in [6.45, 7) is 2.18. The van der Waals surface area contributed by atoms with Gasteiger partial charge in [0.15, 0.2) is 5.76 Å². The number of benzene rings is 2. The molecule has 0 bridgehead atoms. The van der Waals surface area contributed by atoms with Gasteiger partial charge in [0, 0.05) is 30.0 Å². The number of hydrogen-bond acceptors (Lipinski definition) is 3. The first-order chi connectivity index (χ1) is 13.1. The van der Waals surface area contributed by atoms with Crippen molar-refractivity contribution in [1.29, 1.82) is 0 Å². The van der Waals surface area contributed by atoms with E-state index in [0.717, 1.165) is 18.8 Å². The van der Waals surface area contributed by atoms with Crippen LogP contribution >= 0.6 is 23.2 Å². The Kier molecular flexibility index (Phi) is 5.10. The van der Waals surface area contributed by atoms with Crippen LogP contribution in [0.2, 0.25) is 10.0 Å². The van der Waals surface area contributed by atoms with Crippen molar-refractivity contribution >= 4 is 40.5 Å². The molecule has 1 aromatic heterocycles. The number of nitrogens with zero attached hydrogens (tertiary/aromatic N) is 1. The monoisotopic (exact) mass is 400 g/mol. The number of hydrogen-bond donors (Lipinski definition) is 1. The van der Waals surface area contributed by atoms with Gasteiger partial charge in [0.1, 0.15) is 5.76 Å². The number of furan rings is 1. The lowest BCUT2D eigenvalue weighted by molar-refractivity contribution is 0.0997. The predicted molar refractivity (Wildman–Crippen MR) is 110 cm³/mol. The van der Waals surface area contributed by atoms with Crippen LogP contribution in [0.15, 0.2) is 59.0 Å². The standard InChI is InChI=1S/C21H18Cl2N2O2/c22-17-5-3-4-16(20(17)23)18-10-11-19(27-18)21(26)24-14-6-8-15(9-7-14)25-12-1-2-13-25/h3-11H,1-2,12-13H2,(H,24,26). The molecule has 1 N–H and O–H groups in total. The van der Waals surface area contributed by atoms with Crippen molar-refractivity contribution in [3.63, 3.8) is 0 Å². The summed E-state index contributed by atoms with van der Waals surface area (Å²) in [4.78, 5) is 14.8. The fourth-order valence-electron chi connectivity index (χ4n) is 3.22. The third kappa shape index (κ3) is 3.82. The van der Waals surface area contributed by atoms with Gasteiger partial charge in [0.05, 0.1) is 10.0 Å². The van der Waals surface area contributed by atoms with E-state index >= 15 is 0 Å². The van der Waals surface area contributed by atoms with Gasteiger partial charge in [-0.15, -0.1) is 0 Å². The number of carbonyl (C=O) groups is 1. The fraction of sp³-hybridized carbons (Fsp3) is 0.190. The highest BCUT2D eigenvalue weighted by Gasteiger charge is 2.16. The summed E-state index contributed by atoms with van der Waals surface area (Å²) in [6.07, 6.45) is 2.46. The molecule has 0 aliphatic carbocycles. The van der Waals surface area contributed by atoms with Crippen molar-refractivity contribution in [3.8, 4) is 11.3 Å². The summed E-state index contributed by atoms with van der Waals surface area (Å²) in [5, 5.41) is 3.70. The quantitative estimate of drug-likeness (QED) is 0.574. The molecule has 4 rings (SSSR count). The van der Waals surface area contributed by atoms with E-state index in [1.807, 2.05) is 24.3 Å². The van der Waals surface area contributed by atoms with Crippen LogP contribution in [0.4, 0.5) is 11.4 Å². The lowest BCUT2D eigenvalue weighted by Crippen LogP contribution is -2.17. The van der Waals surface area contributed by atoms with E-state index in [1.54, 1.807) is 30.3 Å². The topological polar surface area (TPSA) is 45.5 Å². The zero-order valence-electron chi connectivity index (χ0n) is 14.5. The van der Waals surface area contributed by atoms with Crippen LogP contribution in [0.25, 0.3) is 11.3 Å². The van der Waals surface area contributed by atoms with E-state index in [-0.39, 0.29) is 11.7 Å². The molecule has 1 amide bonds. The average molecular weight is 401 g/mol. The highest BCUT2D eigenvalue weighted by molar-refractivity contribution is 6.43. The predicted octanol–water partition coefficient (Wildman–Crippen LogP) is 6.11. The summed E-state index contributed by atoms with van der Waals surface area (Å²) >= 11 is 12.3. The molecule has 0 unspecified atom stereocenters. The average Bonchev–Trinajstić information content (AvgIpc) is 3.36. The van der Waals surface area contributed by atoms with Crippen LogP contribution in [0.5, 0.6) is 0 Å². The van der Waals surface area contributed by atoms with Crippen molar-refractivity contribution in [2.75, 3.05) is 23.3 Å². The Morgan fingerprint density at radius 1 is 0.963 bits per heavy atom. The van der Waals surface area contributed by atoms with Gasteiger partial charge >= 0.3 is 0 Å². The minimum absolute atomic E-state index is 0.213. The smallest absolute Gasteiger partial charge is 0.291 e. The Balaban J connectivity index is 1.47. The molecular weight excluding hydrogens is 383 g/mol. The summed E-state index contributed by atoms with van der Waals surface area (Å²) in [7, 11) is 0. The molecule has 0 radical (unpaired) electrons. The van der Waals surface area contributed by atoms with Crippen molar-refractivity contribution in [3.05, 3.63) is 70.4 Å².